The highest BCUT2D eigenvalue weighted by Gasteiger charge is 2.46. The van der Waals surface area contributed by atoms with Crippen LogP contribution in [0.5, 0.6) is 0 Å². The van der Waals surface area contributed by atoms with E-state index < -0.39 is 58.7 Å². The second-order valence-corrected chi connectivity index (χ2v) is 10.1. The maximum atomic E-state index is 13.8. The van der Waals surface area contributed by atoms with Crippen molar-refractivity contribution in [2.75, 3.05) is 20.6 Å². The van der Waals surface area contributed by atoms with Gasteiger partial charge in [-0.1, -0.05) is 48.5 Å². The maximum absolute atomic E-state index is 13.8. The zero-order chi connectivity index (χ0) is 30.8. The topological polar surface area (TPSA) is 69.7 Å². The van der Waals surface area contributed by atoms with Gasteiger partial charge < -0.3 is 15.1 Å². The zero-order valence-corrected chi connectivity index (χ0v) is 22.6. The van der Waals surface area contributed by atoms with Gasteiger partial charge in [0.2, 0.25) is 11.8 Å². The van der Waals surface area contributed by atoms with Crippen LogP contribution in [0.25, 0.3) is 0 Å². The maximum Gasteiger partial charge on any atom is 0.416 e. The predicted molar refractivity (Wildman–Crippen MR) is 141 cm³/mol. The molecule has 1 aliphatic rings. The van der Waals surface area contributed by atoms with Crippen LogP contribution in [0, 0.1) is 0 Å². The molecule has 3 aromatic carbocycles. The van der Waals surface area contributed by atoms with Crippen LogP contribution in [-0.2, 0) is 28.5 Å². The number of benzene rings is 3. The fourth-order valence-corrected chi connectivity index (χ4v) is 4.98. The van der Waals surface area contributed by atoms with Crippen molar-refractivity contribution in [3.8, 4) is 0 Å². The van der Waals surface area contributed by atoms with Crippen molar-refractivity contribution in [3.63, 3.8) is 0 Å². The average Bonchev–Trinajstić information content (AvgIpc) is 2.94. The SMILES string of the molecule is CN(C)C(=O)CCN1C(=O)c2ccccc2C(C(=O)NCc2ccccc2)C1c1cc(C(F)(F)F)cc(C(F)(F)F)c1. The average molecular weight is 592 g/mol. The molecule has 0 saturated heterocycles. The van der Waals surface area contributed by atoms with Crippen LogP contribution in [-0.4, -0.2) is 48.2 Å². The Labute approximate surface area is 237 Å². The quantitative estimate of drug-likeness (QED) is 0.353. The summed E-state index contributed by atoms with van der Waals surface area (Å²) in [5.41, 5.74) is -2.77. The van der Waals surface area contributed by atoms with Crippen LogP contribution in [0.2, 0.25) is 0 Å². The Morgan fingerprint density at radius 1 is 0.857 bits per heavy atom. The van der Waals surface area contributed by atoms with E-state index in [1.54, 1.807) is 30.3 Å². The molecule has 3 aromatic rings. The molecule has 1 aliphatic heterocycles. The number of nitrogens with one attached hydrogen (secondary N) is 1. The minimum atomic E-state index is -5.15. The Morgan fingerprint density at radius 3 is 2.00 bits per heavy atom. The van der Waals surface area contributed by atoms with E-state index in [4.69, 9.17) is 0 Å². The molecule has 0 fully saturated rings. The molecular weight excluding hydrogens is 564 g/mol. The Balaban J connectivity index is 1.91. The first-order valence-corrected chi connectivity index (χ1v) is 12.9. The highest BCUT2D eigenvalue weighted by Crippen LogP contribution is 2.46. The van der Waals surface area contributed by atoms with E-state index in [-0.39, 0.29) is 36.7 Å². The van der Waals surface area contributed by atoms with Gasteiger partial charge >= 0.3 is 12.4 Å². The molecule has 2 unspecified atom stereocenters. The van der Waals surface area contributed by atoms with Gasteiger partial charge in [0.25, 0.3) is 5.91 Å². The lowest BCUT2D eigenvalue weighted by Gasteiger charge is -2.42. The van der Waals surface area contributed by atoms with Gasteiger partial charge in [0.1, 0.15) is 0 Å². The largest absolute Gasteiger partial charge is 0.416 e. The van der Waals surface area contributed by atoms with Gasteiger partial charge in [-0.05, 0) is 41.0 Å². The summed E-state index contributed by atoms with van der Waals surface area (Å²) in [6.07, 6.45) is -10.6. The summed E-state index contributed by atoms with van der Waals surface area (Å²) in [5, 5.41) is 2.72. The molecule has 1 N–H and O–H groups in total. The number of rotatable bonds is 7. The zero-order valence-electron chi connectivity index (χ0n) is 22.6. The standard InChI is InChI=1S/C30H27F6N3O3/c1-38(2)24(40)12-13-39-26(19-14-20(29(31,32)33)16-21(15-19)30(34,35)36)25(22-10-6-7-11-23(22)28(39)42)27(41)37-17-18-8-4-3-5-9-18/h3-11,14-16,25-26H,12-13,17H2,1-2H3,(H,37,41). The number of hydrogen-bond donors (Lipinski definition) is 1. The first kappa shape index (κ1) is 30.6. The van der Waals surface area contributed by atoms with Gasteiger partial charge in [0.05, 0.1) is 23.1 Å². The number of fused-ring (bicyclic) bond motifs is 1. The highest BCUT2D eigenvalue weighted by molar-refractivity contribution is 6.01. The number of carbonyl (C=O) groups excluding carboxylic acids is 3. The van der Waals surface area contributed by atoms with Crippen LogP contribution in [0.15, 0.2) is 72.8 Å². The second-order valence-electron chi connectivity index (χ2n) is 10.1. The molecular formula is C30H27F6N3O3. The van der Waals surface area contributed by atoms with Crippen molar-refractivity contribution in [1.82, 2.24) is 15.1 Å². The van der Waals surface area contributed by atoms with Gasteiger partial charge in [-0.25, -0.2) is 0 Å². The summed E-state index contributed by atoms with van der Waals surface area (Å²) in [5.74, 6) is -3.24. The van der Waals surface area contributed by atoms with Gasteiger partial charge in [-0.2, -0.15) is 26.3 Å². The summed E-state index contributed by atoms with van der Waals surface area (Å²) in [7, 11) is 2.94. The first-order valence-electron chi connectivity index (χ1n) is 12.9. The van der Waals surface area contributed by atoms with Crippen molar-refractivity contribution in [1.29, 1.82) is 0 Å². The molecule has 0 aromatic heterocycles. The number of alkyl halides is 6. The van der Waals surface area contributed by atoms with E-state index in [0.717, 1.165) is 4.90 Å². The van der Waals surface area contributed by atoms with E-state index >= 15 is 0 Å². The lowest BCUT2D eigenvalue weighted by Crippen LogP contribution is -2.48. The fraction of sp³-hybridized carbons (Fsp3) is 0.300. The molecule has 1 heterocycles. The van der Waals surface area contributed by atoms with E-state index in [1.165, 1.54) is 43.3 Å². The van der Waals surface area contributed by atoms with Gasteiger partial charge in [0, 0.05) is 39.2 Å². The molecule has 12 heteroatoms. The molecule has 3 amide bonds. The number of nitrogens with zero attached hydrogens (tertiary/aromatic N) is 2. The van der Waals surface area contributed by atoms with Crippen LogP contribution >= 0.6 is 0 Å². The summed E-state index contributed by atoms with van der Waals surface area (Å²) >= 11 is 0. The summed E-state index contributed by atoms with van der Waals surface area (Å²) in [4.78, 5) is 42.2. The summed E-state index contributed by atoms with van der Waals surface area (Å²) in [6.45, 7) is -0.330. The fourth-order valence-electron chi connectivity index (χ4n) is 4.98. The molecule has 0 spiro atoms. The third-order valence-corrected chi connectivity index (χ3v) is 7.05. The molecule has 222 valence electrons. The van der Waals surface area contributed by atoms with Crippen molar-refractivity contribution in [3.05, 3.63) is 106 Å². The number of amides is 3. The second kappa shape index (κ2) is 11.9. The van der Waals surface area contributed by atoms with Gasteiger partial charge in [-0.15, -0.1) is 0 Å². The Bertz CT molecular complexity index is 1440. The molecule has 0 radical (unpaired) electrons. The molecule has 4 rings (SSSR count). The van der Waals surface area contributed by atoms with Crippen LogP contribution in [0.4, 0.5) is 26.3 Å². The van der Waals surface area contributed by atoms with E-state index in [2.05, 4.69) is 5.32 Å². The lowest BCUT2D eigenvalue weighted by molar-refractivity contribution is -0.143. The number of carbonyl (C=O) groups is 3. The van der Waals surface area contributed by atoms with E-state index in [9.17, 15) is 40.7 Å². The molecule has 0 aliphatic carbocycles. The minimum absolute atomic E-state index is 0.00746. The molecule has 0 bridgehead atoms. The summed E-state index contributed by atoms with van der Waals surface area (Å²) < 4.78 is 83.1. The van der Waals surface area contributed by atoms with Crippen LogP contribution in [0.1, 0.15) is 56.6 Å². The Hall–Kier alpha value is -4.35. The van der Waals surface area contributed by atoms with Crippen molar-refractivity contribution < 1.29 is 40.7 Å². The third kappa shape index (κ3) is 6.58. The van der Waals surface area contributed by atoms with Crippen LogP contribution < -0.4 is 5.32 Å². The monoisotopic (exact) mass is 591 g/mol. The summed E-state index contributed by atoms with van der Waals surface area (Å²) in [6, 6.07) is 14.1. The molecule has 42 heavy (non-hydrogen) atoms. The Kier molecular flexibility index (Phi) is 8.65. The molecule has 0 saturated carbocycles. The van der Waals surface area contributed by atoms with Crippen molar-refractivity contribution in [2.45, 2.75) is 37.3 Å². The van der Waals surface area contributed by atoms with E-state index in [1.807, 2.05) is 0 Å². The smallest absolute Gasteiger partial charge is 0.351 e. The third-order valence-electron chi connectivity index (χ3n) is 7.05. The van der Waals surface area contributed by atoms with Crippen LogP contribution in [0.3, 0.4) is 0 Å². The lowest BCUT2D eigenvalue weighted by atomic mass is 9.78. The van der Waals surface area contributed by atoms with E-state index in [0.29, 0.717) is 17.7 Å². The van der Waals surface area contributed by atoms with Gasteiger partial charge in [0.15, 0.2) is 0 Å². The highest BCUT2D eigenvalue weighted by atomic mass is 19.4. The predicted octanol–water partition coefficient (Wildman–Crippen LogP) is 5.80. The first-order chi connectivity index (χ1) is 19.7. The number of hydrogen-bond acceptors (Lipinski definition) is 3. The minimum Gasteiger partial charge on any atom is -0.351 e. The Morgan fingerprint density at radius 2 is 1.43 bits per heavy atom. The van der Waals surface area contributed by atoms with Crippen molar-refractivity contribution >= 4 is 17.7 Å². The van der Waals surface area contributed by atoms with Gasteiger partial charge in [-0.3, -0.25) is 14.4 Å². The number of halogens is 6. The van der Waals surface area contributed by atoms with Crippen molar-refractivity contribution in [2.24, 2.45) is 0 Å². The normalized spacial score (nSPS) is 17.0. The molecule has 2 atom stereocenters. The molecule has 6 nitrogen and oxygen atoms in total.